The Morgan fingerprint density at radius 2 is 2.00 bits per heavy atom. The van der Waals surface area contributed by atoms with E-state index in [0.29, 0.717) is 15.8 Å². The Morgan fingerprint density at radius 1 is 1.33 bits per heavy atom. The van der Waals surface area contributed by atoms with Crippen LogP contribution in [-0.4, -0.2) is 35.1 Å². The summed E-state index contributed by atoms with van der Waals surface area (Å²) in [6.45, 7) is 2.90. The zero-order chi connectivity index (χ0) is 15.8. The maximum atomic E-state index is 12.7. The number of aromatic amines is 1. The van der Waals surface area contributed by atoms with Gasteiger partial charge in [-0.3, -0.25) is 0 Å². The Balaban J connectivity index is 2.42. The van der Waals surface area contributed by atoms with Crippen molar-refractivity contribution in [3.8, 4) is 0 Å². The van der Waals surface area contributed by atoms with Crippen molar-refractivity contribution in [3.05, 3.63) is 28.5 Å². The monoisotopic (exact) mass is 317 g/mol. The number of hydrogen-bond donors (Lipinski definition) is 1. The molecule has 116 valence electrons. The van der Waals surface area contributed by atoms with Crippen LogP contribution in [0.4, 0.5) is 13.2 Å². The average Bonchev–Trinajstić information content (AvgIpc) is 2.69. The number of fused-ring (bicyclic) bond motifs is 1. The molecule has 2 aromatic rings. The quantitative estimate of drug-likeness (QED) is 0.853. The number of rotatable bonds is 4. The fourth-order valence-electron chi connectivity index (χ4n) is 2.32. The molecule has 0 fully saturated rings. The number of alkyl halides is 3. The molecular formula is C14H18F3N3S. The van der Waals surface area contributed by atoms with Crippen LogP contribution in [0.5, 0.6) is 0 Å². The lowest BCUT2D eigenvalue weighted by Gasteiger charge is -2.17. The lowest BCUT2D eigenvalue weighted by Crippen LogP contribution is -2.17. The van der Waals surface area contributed by atoms with E-state index in [9.17, 15) is 13.2 Å². The van der Waals surface area contributed by atoms with Gasteiger partial charge in [-0.05, 0) is 64.4 Å². The van der Waals surface area contributed by atoms with Crippen molar-refractivity contribution in [3.63, 3.8) is 0 Å². The number of hydrogen-bond acceptors (Lipinski definition) is 2. The van der Waals surface area contributed by atoms with E-state index in [1.54, 1.807) is 0 Å². The molecule has 0 saturated carbocycles. The van der Waals surface area contributed by atoms with E-state index in [1.165, 1.54) is 6.07 Å². The molecule has 0 saturated heterocycles. The van der Waals surface area contributed by atoms with Gasteiger partial charge >= 0.3 is 6.18 Å². The third-order valence-electron chi connectivity index (χ3n) is 3.48. The second-order valence-electron chi connectivity index (χ2n) is 5.47. The van der Waals surface area contributed by atoms with Crippen LogP contribution in [0.25, 0.3) is 11.0 Å². The highest BCUT2D eigenvalue weighted by atomic mass is 32.1. The third-order valence-corrected chi connectivity index (χ3v) is 3.78. The summed E-state index contributed by atoms with van der Waals surface area (Å²) in [6.07, 6.45) is -3.47. The van der Waals surface area contributed by atoms with Gasteiger partial charge in [-0.25, -0.2) is 0 Å². The second kappa shape index (κ2) is 5.81. The number of aromatic nitrogens is 2. The lowest BCUT2D eigenvalue weighted by atomic mass is 10.1. The first-order valence-electron chi connectivity index (χ1n) is 6.66. The van der Waals surface area contributed by atoms with Gasteiger partial charge in [-0.1, -0.05) is 0 Å². The van der Waals surface area contributed by atoms with Crippen molar-refractivity contribution < 1.29 is 13.2 Å². The molecule has 2 rings (SSSR count). The molecule has 1 aromatic heterocycles. The van der Waals surface area contributed by atoms with E-state index in [0.717, 1.165) is 25.1 Å². The highest BCUT2D eigenvalue weighted by molar-refractivity contribution is 7.71. The largest absolute Gasteiger partial charge is 0.416 e. The predicted octanol–water partition coefficient (Wildman–Crippen LogP) is 4.23. The topological polar surface area (TPSA) is 24.0 Å². The van der Waals surface area contributed by atoms with Gasteiger partial charge in [0.05, 0.1) is 16.6 Å². The summed E-state index contributed by atoms with van der Waals surface area (Å²) >= 11 is 5.26. The van der Waals surface area contributed by atoms with Gasteiger partial charge in [0.25, 0.3) is 0 Å². The minimum atomic E-state index is -4.34. The molecule has 0 aliphatic carbocycles. The zero-order valence-corrected chi connectivity index (χ0v) is 13.0. The minimum absolute atomic E-state index is 0.116. The van der Waals surface area contributed by atoms with Crippen LogP contribution in [-0.2, 0) is 6.18 Å². The maximum Gasteiger partial charge on any atom is 0.416 e. The molecule has 7 heteroatoms. The van der Waals surface area contributed by atoms with E-state index in [4.69, 9.17) is 12.2 Å². The Bertz CT molecular complexity index is 685. The molecule has 3 nitrogen and oxygen atoms in total. The summed E-state index contributed by atoms with van der Waals surface area (Å²) < 4.78 is 40.6. The molecule has 1 aromatic carbocycles. The standard InChI is InChI=1S/C14H18F3N3S/c1-9(6-7-19(2)3)20-12-5-4-10(14(15,16)17)8-11(12)18-13(20)21/h4-5,8-9H,6-7H2,1-3H3,(H,18,21). The van der Waals surface area contributed by atoms with Crippen molar-refractivity contribution in [1.29, 1.82) is 0 Å². The highest BCUT2D eigenvalue weighted by Crippen LogP contribution is 2.32. The Hall–Kier alpha value is -1.34. The predicted molar refractivity (Wildman–Crippen MR) is 80.0 cm³/mol. The van der Waals surface area contributed by atoms with E-state index < -0.39 is 11.7 Å². The normalized spacial score (nSPS) is 14.0. The fraction of sp³-hybridized carbons (Fsp3) is 0.500. The highest BCUT2D eigenvalue weighted by Gasteiger charge is 2.30. The molecule has 21 heavy (non-hydrogen) atoms. The summed E-state index contributed by atoms with van der Waals surface area (Å²) in [5, 5.41) is 0. The number of halogens is 3. The van der Waals surface area contributed by atoms with E-state index in [2.05, 4.69) is 9.88 Å². The Labute approximate surface area is 126 Å². The molecule has 0 aliphatic heterocycles. The van der Waals surface area contributed by atoms with Crippen molar-refractivity contribution in [1.82, 2.24) is 14.5 Å². The van der Waals surface area contributed by atoms with Gasteiger partial charge in [-0.15, -0.1) is 0 Å². The molecule has 1 atom stereocenters. The Kier molecular flexibility index (Phi) is 4.43. The number of imidazole rings is 1. The van der Waals surface area contributed by atoms with Gasteiger partial charge < -0.3 is 14.5 Å². The van der Waals surface area contributed by atoms with Crippen molar-refractivity contribution in [2.75, 3.05) is 20.6 Å². The SMILES string of the molecule is CC(CCN(C)C)n1c(=S)[nH]c2cc(C(F)(F)F)ccc21. The lowest BCUT2D eigenvalue weighted by molar-refractivity contribution is -0.137. The number of H-pyrrole nitrogens is 1. The first-order valence-corrected chi connectivity index (χ1v) is 7.07. The van der Waals surface area contributed by atoms with Gasteiger partial charge in [-0.2, -0.15) is 13.2 Å². The number of nitrogens with one attached hydrogen (secondary N) is 1. The minimum Gasteiger partial charge on any atom is -0.331 e. The molecule has 0 aliphatic rings. The number of nitrogens with zero attached hydrogens (tertiary/aromatic N) is 2. The molecule has 0 amide bonds. The average molecular weight is 317 g/mol. The molecule has 1 heterocycles. The first-order chi connectivity index (χ1) is 9.70. The van der Waals surface area contributed by atoms with Gasteiger partial charge in [0.15, 0.2) is 4.77 Å². The molecule has 0 bridgehead atoms. The van der Waals surface area contributed by atoms with E-state index in [1.807, 2.05) is 25.6 Å². The third kappa shape index (κ3) is 3.47. The fourth-order valence-corrected chi connectivity index (χ4v) is 2.71. The molecule has 1 unspecified atom stereocenters. The summed E-state index contributed by atoms with van der Waals surface area (Å²) in [4.78, 5) is 4.94. The van der Waals surface area contributed by atoms with Crippen LogP contribution >= 0.6 is 12.2 Å². The molecule has 1 N–H and O–H groups in total. The second-order valence-corrected chi connectivity index (χ2v) is 5.86. The summed E-state index contributed by atoms with van der Waals surface area (Å²) in [5.74, 6) is 0. The summed E-state index contributed by atoms with van der Waals surface area (Å²) in [6, 6.07) is 3.81. The van der Waals surface area contributed by atoms with Crippen LogP contribution in [0, 0.1) is 4.77 Å². The Morgan fingerprint density at radius 3 is 2.57 bits per heavy atom. The number of benzene rings is 1. The first kappa shape index (κ1) is 16.0. The van der Waals surface area contributed by atoms with Gasteiger partial charge in [0.1, 0.15) is 0 Å². The van der Waals surface area contributed by atoms with Crippen LogP contribution in [0.1, 0.15) is 24.9 Å². The maximum absolute atomic E-state index is 12.7. The van der Waals surface area contributed by atoms with Crippen molar-refractivity contribution in [2.45, 2.75) is 25.6 Å². The smallest absolute Gasteiger partial charge is 0.331 e. The van der Waals surface area contributed by atoms with Crippen LogP contribution in [0.3, 0.4) is 0 Å². The molecule has 0 spiro atoms. The van der Waals surface area contributed by atoms with E-state index >= 15 is 0 Å². The van der Waals surface area contributed by atoms with Crippen molar-refractivity contribution >= 4 is 23.3 Å². The van der Waals surface area contributed by atoms with Crippen LogP contribution in [0.15, 0.2) is 18.2 Å². The van der Waals surface area contributed by atoms with Crippen molar-refractivity contribution in [2.24, 2.45) is 0 Å². The van der Waals surface area contributed by atoms with Crippen LogP contribution in [0.2, 0.25) is 0 Å². The summed E-state index contributed by atoms with van der Waals surface area (Å²) in [7, 11) is 3.97. The van der Waals surface area contributed by atoms with Gasteiger partial charge in [0, 0.05) is 6.04 Å². The zero-order valence-electron chi connectivity index (χ0n) is 12.2. The molecular weight excluding hydrogens is 299 g/mol. The summed E-state index contributed by atoms with van der Waals surface area (Å²) in [5.41, 5.74) is 0.463. The molecule has 0 radical (unpaired) electrons. The van der Waals surface area contributed by atoms with E-state index in [-0.39, 0.29) is 6.04 Å². The van der Waals surface area contributed by atoms with Crippen LogP contribution < -0.4 is 0 Å². The van der Waals surface area contributed by atoms with Gasteiger partial charge in [0.2, 0.25) is 0 Å².